The van der Waals surface area contributed by atoms with E-state index in [1.54, 1.807) is 10.7 Å². The molecule has 1 heterocycles. The van der Waals surface area contributed by atoms with Crippen LogP contribution in [-0.4, -0.2) is 21.5 Å². The molecular weight excluding hydrogens is 359 g/mol. The minimum Gasteiger partial charge on any atom is -0.383 e. The molecule has 7 heteroatoms. The summed E-state index contributed by atoms with van der Waals surface area (Å²) in [6, 6.07) is 10.8. The number of carbonyl (C=O) groups excluding carboxylic acids is 2. The van der Waals surface area contributed by atoms with Crippen molar-refractivity contribution >= 4 is 17.5 Å². The predicted octanol–water partition coefficient (Wildman–Crippen LogP) is 2.97. The van der Waals surface area contributed by atoms with Gasteiger partial charge in [0.25, 0.3) is 0 Å². The number of rotatable bonds is 5. The third kappa shape index (κ3) is 3.05. The Bertz CT molecular complexity index is 1090. The van der Waals surface area contributed by atoms with Gasteiger partial charge in [0.15, 0.2) is 5.78 Å². The van der Waals surface area contributed by atoms with Gasteiger partial charge in [-0.1, -0.05) is 17.7 Å². The first-order valence-electron chi connectivity index (χ1n) is 8.90. The fourth-order valence-corrected chi connectivity index (χ4v) is 3.57. The molecule has 1 aliphatic carbocycles. The Morgan fingerprint density at radius 1 is 1.14 bits per heavy atom. The molecule has 0 spiro atoms. The van der Waals surface area contributed by atoms with Crippen LogP contribution in [0.1, 0.15) is 55.8 Å². The molecule has 2 aromatic carbocycles. The Kier molecular flexibility index (Phi) is 4.22. The van der Waals surface area contributed by atoms with E-state index in [9.17, 15) is 14.0 Å². The number of aryl methyl sites for hydroxylation is 1. The average molecular weight is 378 g/mol. The van der Waals surface area contributed by atoms with E-state index in [-0.39, 0.29) is 29.1 Å². The number of carbonyl (C=O) groups is 2. The van der Waals surface area contributed by atoms with Crippen molar-refractivity contribution in [2.75, 3.05) is 5.73 Å². The van der Waals surface area contributed by atoms with Crippen LogP contribution in [0.25, 0.3) is 0 Å². The number of benzene rings is 2. The molecule has 0 radical (unpaired) electrons. The first-order chi connectivity index (χ1) is 13.4. The Hall–Kier alpha value is -3.48. The smallest absolute Gasteiger partial charge is 0.248 e. The molecule has 3 aromatic rings. The van der Waals surface area contributed by atoms with Gasteiger partial charge < -0.3 is 11.5 Å². The van der Waals surface area contributed by atoms with Crippen molar-refractivity contribution < 1.29 is 14.0 Å². The number of nitrogen functional groups attached to an aromatic ring is 1. The number of hydrogen-bond donors (Lipinski definition) is 2. The number of hydrogen-bond acceptors (Lipinski definition) is 4. The van der Waals surface area contributed by atoms with Gasteiger partial charge in [0.1, 0.15) is 11.6 Å². The van der Waals surface area contributed by atoms with Crippen molar-refractivity contribution in [2.24, 2.45) is 5.73 Å². The lowest BCUT2D eigenvalue weighted by molar-refractivity contribution is 0.0997. The zero-order chi connectivity index (χ0) is 20.0. The summed E-state index contributed by atoms with van der Waals surface area (Å²) in [6.45, 7) is 1.95. The predicted molar refractivity (Wildman–Crippen MR) is 103 cm³/mol. The lowest BCUT2D eigenvalue weighted by Gasteiger charge is -2.09. The third-order valence-electron chi connectivity index (χ3n) is 5.13. The number of halogens is 1. The fraction of sp³-hybridized carbons (Fsp3) is 0.190. The third-order valence-corrected chi connectivity index (χ3v) is 5.13. The second-order valence-electron chi connectivity index (χ2n) is 7.09. The van der Waals surface area contributed by atoms with Crippen LogP contribution in [0.15, 0.2) is 48.7 Å². The summed E-state index contributed by atoms with van der Waals surface area (Å²) in [5.74, 6) is -0.881. The van der Waals surface area contributed by atoms with E-state index in [0.717, 1.165) is 17.5 Å². The van der Waals surface area contributed by atoms with E-state index >= 15 is 0 Å². The quantitative estimate of drug-likeness (QED) is 0.666. The van der Waals surface area contributed by atoms with Crippen LogP contribution in [0.2, 0.25) is 0 Å². The van der Waals surface area contributed by atoms with Crippen LogP contribution < -0.4 is 11.5 Å². The standard InChI is InChI=1S/C21H19FN4O2/c1-11-2-7-14(21(24)28)15(8-11)16-9-18(16)26-20(23)17(10-25-26)19(27)12-3-5-13(22)6-4-12/h2-8,10,16,18H,9,23H2,1H3,(H2,24,28). The van der Waals surface area contributed by atoms with Gasteiger partial charge in [-0.3, -0.25) is 9.59 Å². The van der Waals surface area contributed by atoms with Crippen molar-refractivity contribution in [1.29, 1.82) is 0 Å². The molecule has 6 nitrogen and oxygen atoms in total. The highest BCUT2D eigenvalue weighted by atomic mass is 19.1. The largest absolute Gasteiger partial charge is 0.383 e. The zero-order valence-corrected chi connectivity index (χ0v) is 15.2. The average Bonchev–Trinajstić information content (AvgIpc) is 3.36. The first-order valence-corrected chi connectivity index (χ1v) is 8.90. The molecule has 1 aromatic heterocycles. The Morgan fingerprint density at radius 3 is 2.54 bits per heavy atom. The number of ketones is 1. The molecule has 1 aliphatic rings. The molecular formula is C21H19FN4O2. The molecule has 2 unspecified atom stereocenters. The molecule has 0 saturated heterocycles. The van der Waals surface area contributed by atoms with Crippen molar-refractivity contribution in [3.63, 3.8) is 0 Å². The highest BCUT2D eigenvalue weighted by molar-refractivity contribution is 6.11. The summed E-state index contributed by atoms with van der Waals surface area (Å²) in [5, 5.41) is 4.30. The van der Waals surface area contributed by atoms with Crippen LogP contribution in [0.4, 0.5) is 10.2 Å². The molecule has 4 rings (SSSR count). The number of nitrogens with two attached hydrogens (primary N) is 2. The summed E-state index contributed by atoms with van der Waals surface area (Å²) in [5.41, 5.74) is 14.7. The highest BCUT2D eigenvalue weighted by Crippen LogP contribution is 2.53. The maximum atomic E-state index is 13.1. The lowest BCUT2D eigenvalue weighted by Crippen LogP contribution is -2.14. The lowest BCUT2D eigenvalue weighted by atomic mass is 10.00. The van der Waals surface area contributed by atoms with Gasteiger partial charge in [-0.05, 0) is 49.2 Å². The van der Waals surface area contributed by atoms with E-state index < -0.39 is 11.7 Å². The molecule has 0 bridgehead atoms. The van der Waals surface area contributed by atoms with Crippen LogP contribution >= 0.6 is 0 Å². The van der Waals surface area contributed by atoms with Crippen LogP contribution in [0.3, 0.4) is 0 Å². The number of nitrogens with zero attached hydrogens (tertiary/aromatic N) is 2. The van der Waals surface area contributed by atoms with Crippen molar-refractivity contribution in [3.8, 4) is 0 Å². The molecule has 142 valence electrons. The van der Waals surface area contributed by atoms with Gasteiger partial charge in [0.2, 0.25) is 5.91 Å². The molecule has 28 heavy (non-hydrogen) atoms. The van der Waals surface area contributed by atoms with E-state index in [2.05, 4.69) is 5.10 Å². The van der Waals surface area contributed by atoms with Gasteiger partial charge >= 0.3 is 0 Å². The maximum Gasteiger partial charge on any atom is 0.248 e. The minimum absolute atomic E-state index is 0.0466. The van der Waals surface area contributed by atoms with E-state index in [1.165, 1.54) is 30.5 Å². The van der Waals surface area contributed by atoms with Gasteiger partial charge in [-0.2, -0.15) is 5.10 Å². The molecule has 1 saturated carbocycles. The van der Waals surface area contributed by atoms with Crippen LogP contribution in [0.5, 0.6) is 0 Å². The molecule has 4 N–H and O–H groups in total. The van der Waals surface area contributed by atoms with Crippen molar-refractivity contribution in [2.45, 2.75) is 25.3 Å². The van der Waals surface area contributed by atoms with E-state index in [1.807, 2.05) is 19.1 Å². The molecule has 1 fully saturated rings. The summed E-state index contributed by atoms with van der Waals surface area (Å²) in [7, 11) is 0. The van der Waals surface area contributed by atoms with Crippen molar-refractivity contribution in [1.82, 2.24) is 9.78 Å². The molecule has 1 amide bonds. The molecule has 2 atom stereocenters. The minimum atomic E-state index is -0.471. The number of amides is 1. The Balaban J connectivity index is 1.62. The zero-order valence-electron chi connectivity index (χ0n) is 15.2. The first kappa shape index (κ1) is 17.9. The maximum absolute atomic E-state index is 13.1. The monoisotopic (exact) mass is 378 g/mol. The summed E-state index contributed by atoms with van der Waals surface area (Å²) < 4.78 is 14.7. The second kappa shape index (κ2) is 6.60. The number of primary amides is 1. The summed E-state index contributed by atoms with van der Waals surface area (Å²) in [6.07, 6.45) is 2.18. The van der Waals surface area contributed by atoms with Crippen LogP contribution in [-0.2, 0) is 0 Å². The van der Waals surface area contributed by atoms with E-state index in [4.69, 9.17) is 11.5 Å². The van der Waals surface area contributed by atoms with Gasteiger partial charge in [0, 0.05) is 17.0 Å². The number of anilines is 1. The second-order valence-corrected chi connectivity index (χ2v) is 7.09. The Labute approximate surface area is 161 Å². The van der Waals surface area contributed by atoms with E-state index in [0.29, 0.717) is 11.1 Å². The molecule has 0 aliphatic heterocycles. The topological polar surface area (TPSA) is 104 Å². The Morgan fingerprint density at radius 2 is 1.86 bits per heavy atom. The normalized spacial score (nSPS) is 18.1. The summed E-state index contributed by atoms with van der Waals surface area (Å²) >= 11 is 0. The van der Waals surface area contributed by atoms with Crippen molar-refractivity contribution in [3.05, 3.63) is 82.3 Å². The van der Waals surface area contributed by atoms with Gasteiger partial charge in [-0.25, -0.2) is 9.07 Å². The SMILES string of the molecule is Cc1ccc(C(N)=O)c(C2CC2n2ncc(C(=O)c3ccc(F)cc3)c2N)c1. The number of aromatic nitrogens is 2. The fourth-order valence-electron chi connectivity index (χ4n) is 3.57. The van der Waals surface area contributed by atoms with Gasteiger partial charge in [-0.15, -0.1) is 0 Å². The summed E-state index contributed by atoms with van der Waals surface area (Å²) in [4.78, 5) is 24.4. The van der Waals surface area contributed by atoms with Gasteiger partial charge in [0.05, 0.1) is 17.8 Å². The van der Waals surface area contributed by atoms with Crippen LogP contribution in [0, 0.1) is 12.7 Å². The highest BCUT2D eigenvalue weighted by Gasteiger charge is 2.43.